The van der Waals surface area contributed by atoms with Crippen molar-refractivity contribution in [3.8, 4) is 6.07 Å². The van der Waals surface area contributed by atoms with E-state index >= 15 is 0 Å². The van der Waals surface area contributed by atoms with Crippen LogP contribution in [0.1, 0.15) is 49.9 Å². The van der Waals surface area contributed by atoms with E-state index in [2.05, 4.69) is 20.6 Å². The number of nitrogens with zero attached hydrogens (tertiary/aromatic N) is 5. The second-order valence-corrected chi connectivity index (χ2v) is 10.4. The number of hydrogen-bond acceptors (Lipinski definition) is 5. The zero-order valence-electron chi connectivity index (χ0n) is 16.4. The molecule has 1 aliphatic carbocycles. The zero-order valence-corrected chi connectivity index (χ0v) is 17.2. The number of H-pyrrole nitrogens is 1. The quantitative estimate of drug-likeness (QED) is 0.709. The summed E-state index contributed by atoms with van der Waals surface area (Å²) in [4.78, 5) is 12.6. The molecular weight excluding hydrogens is 388 g/mol. The van der Waals surface area contributed by atoms with Gasteiger partial charge in [0.05, 0.1) is 24.0 Å². The summed E-state index contributed by atoms with van der Waals surface area (Å²) in [7, 11) is -3.17. The predicted molar refractivity (Wildman–Crippen MR) is 110 cm³/mol. The Morgan fingerprint density at radius 2 is 2.03 bits per heavy atom. The minimum Gasteiger partial charge on any atom is -0.346 e. The van der Waals surface area contributed by atoms with Crippen molar-refractivity contribution < 1.29 is 8.42 Å². The predicted octanol–water partition coefficient (Wildman–Crippen LogP) is 2.92. The van der Waals surface area contributed by atoms with Gasteiger partial charge in [-0.05, 0) is 37.7 Å². The molecule has 0 bridgehead atoms. The van der Waals surface area contributed by atoms with Crippen LogP contribution in [0.2, 0.25) is 0 Å². The average molecular weight is 413 g/mol. The fourth-order valence-corrected chi connectivity index (χ4v) is 5.78. The first kappa shape index (κ1) is 18.6. The van der Waals surface area contributed by atoms with Crippen LogP contribution in [0.25, 0.3) is 22.1 Å². The Bertz CT molecular complexity index is 1210. The summed E-state index contributed by atoms with van der Waals surface area (Å²) in [6.07, 6.45) is 9.70. The van der Waals surface area contributed by atoms with Crippen molar-refractivity contribution in [2.24, 2.45) is 5.92 Å². The molecule has 2 fully saturated rings. The summed E-state index contributed by atoms with van der Waals surface area (Å²) >= 11 is 0. The molecule has 0 atom stereocenters. The van der Waals surface area contributed by atoms with E-state index in [9.17, 15) is 8.42 Å². The topological polar surface area (TPSA) is 108 Å². The summed E-state index contributed by atoms with van der Waals surface area (Å²) in [5, 5.41) is 10.1. The number of sulfonamides is 1. The number of aromatic nitrogens is 4. The molecule has 1 N–H and O–H groups in total. The van der Waals surface area contributed by atoms with Crippen molar-refractivity contribution in [3.05, 3.63) is 24.3 Å². The Kier molecular flexibility index (Phi) is 4.37. The minimum atomic E-state index is -3.17. The molecule has 0 amide bonds. The molecule has 29 heavy (non-hydrogen) atoms. The van der Waals surface area contributed by atoms with Gasteiger partial charge >= 0.3 is 0 Å². The summed E-state index contributed by atoms with van der Waals surface area (Å²) in [6.45, 7) is 0.964. The fourth-order valence-electron chi connectivity index (χ4n) is 4.88. The monoisotopic (exact) mass is 412 g/mol. The maximum absolute atomic E-state index is 11.8. The number of nitriles is 1. The highest BCUT2D eigenvalue weighted by Gasteiger charge is 2.39. The summed E-state index contributed by atoms with van der Waals surface area (Å²) in [6, 6.07) is 4.67. The molecule has 0 spiro atoms. The van der Waals surface area contributed by atoms with Crippen LogP contribution in [0, 0.1) is 17.2 Å². The van der Waals surface area contributed by atoms with Crippen LogP contribution < -0.4 is 0 Å². The molecule has 1 saturated heterocycles. The molecule has 1 saturated carbocycles. The number of fused-ring (bicyclic) bond motifs is 3. The number of aromatic amines is 1. The van der Waals surface area contributed by atoms with Crippen LogP contribution >= 0.6 is 0 Å². The molecule has 5 rings (SSSR count). The number of pyridine rings is 1. The van der Waals surface area contributed by atoms with Crippen LogP contribution in [-0.4, -0.2) is 51.6 Å². The van der Waals surface area contributed by atoms with Gasteiger partial charge in [-0.15, -0.1) is 0 Å². The van der Waals surface area contributed by atoms with Gasteiger partial charge in [-0.3, -0.25) is 0 Å². The molecule has 3 aromatic heterocycles. The van der Waals surface area contributed by atoms with E-state index in [0.717, 1.165) is 53.6 Å². The lowest BCUT2D eigenvalue weighted by Gasteiger charge is -2.38. The maximum Gasteiger partial charge on any atom is 0.211 e. The molecule has 0 radical (unpaired) electrons. The molecule has 0 unspecified atom stereocenters. The van der Waals surface area contributed by atoms with Crippen LogP contribution in [0.5, 0.6) is 0 Å². The van der Waals surface area contributed by atoms with Gasteiger partial charge in [0.1, 0.15) is 17.0 Å². The van der Waals surface area contributed by atoms with Gasteiger partial charge in [-0.2, -0.15) is 5.26 Å². The third-order valence-electron chi connectivity index (χ3n) is 6.51. The number of nitrogens with one attached hydrogen (secondary N) is 1. The maximum atomic E-state index is 11.8. The van der Waals surface area contributed by atoms with E-state index in [1.807, 2.05) is 18.5 Å². The van der Waals surface area contributed by atoms with Crippen LogP contribution in [0.4, 0.5) is 0 Å². The summed E-state index contributed by atoms with van der Waals surface area (Å²) < 4.78 is 27.6. The minimum absolute atomic E-state index is 0.1000. The van der Waals surface area contributed by atoms with Crippen molar-refractivity contribution in [3.63, 3.8) is 0 Å². The van der Waals surface area contributed by atoms with E-state index in [0.29, 0.717) is 31.5 Å². The third kappa shape index (κ3) is 3.11. The molecular formula is C20H24N6O2S. The largest absolute Gasteiger partial charge is 0.346 e. The first-order valence-electron chi connectivity index (χ1n) is 10.1. The molecule has 2 aliphatic rings. The van der Waals surface area contributed by atoms with Gasteiger partial charge < -0.3 is 9.55 Å². The number of imidazole rings is 1. The van der Waals surface area contributed by atoms with Crippen LogP contribution in [0.3, 0.4) is 0 Å². The number of hydrogen-bond donors (Lipinski definition) is 1. The van der Waals surface area contributed by atoms with Crippen molar-refractivity contribution in [1.82, 2.24) is 23.8 Å². The van der Waals surface area contributed by atoms with Gasteiger partial charge in [0.15, 0.2) is 0 Å². The van der Waals surface area contributed by atoms with Gasteiger partial charge in [-0.25, -0.2) is 22.7 Å². The Labute approximate surface area is 169 Å². The molecule has 9 heteroatoms. The molecule has 4 heterocycles. The summed E-state index contributed by atoms with van der Waals surface area (Å²) in [5.74, 6) is 1.55. The Morgan fingerprint density at radius 1 is 1.28 bits per heavy atom. The highest BCUT2D eigenvalue weighted by atomic mass is 32.2. The van der Waals surface area contributed by atoms with Crippen molar-refractivity contribution >= 4 is 32.1 Å². The van der Waals surface area contributed by atoms with E-state index in [-0.39, 0.29) is 5.92 Å². The fraction of sp³-hybridized carbons (Fsp3) is 0.550. The first-order chi connectivity index (χ1) is 14.0. The Morgan fingerprint density at radius 3 is 2.72 bits per heavy atom. The van der Waals surface area contributed by atoms with Crippen molar-refractivity contribution in [2.75, 3.05) is 19.3 Å². The molecule has 1 aliphatic heterocycles. The van der Waals surface area contributed by atoms with Gasteiger partial charge in [-0.1, -0.05) is 0 Å². The molecule has 8 nitrogen and oxygen atoms in total. The summed E-state index contributed by atoms with van der Waals surface area (Å²) in [5.41, 5.74) is 2.80. The Hall–Kier alpha value is -2.44. The zero-order chi connectivity index (χ0) is 20.2. The number of rotatable bonds is 4. The Balaban J connectivity index is 1.57. The molecule has 152 valence electrons. The van der Waals surface area contributed by atoms with E-state index in [1.54, 1.807) is 0 Å². The van der Waals surface area contributed by atoms with Crippen molar-refractivity contribution in [2.45, 2.75) is 44.1 Å². The van der Waals surface area contributed by atoms with Crippen LogP contribution in [-0.2, 0) is 10.0 Å². The standard InChI is InChI=1S/C20H24N6O2S/c1-29(27,28)25-11-14(12-25)20-24-17-10-23-19-16(7-9-22-19)18(17)26(20)15-4-2-13(3-5-15)6-8-21/h7,9-10,13-15H,2-6,11-12H2,1H3,(H,22,23). The van der Waals surface area contributed by atoms with Gasteiger partial charge in [0.25, 0.3) is 0 Å². The highest BCUT2D eigenvalue weighted by Crippen LogP contribution is 2.40. The normalized spacial score (nSPS) is 24.0. The lowest BCUT2D eigenvalue weighted by atomic mass is 9.84. The average Bonchev–Trinajstić information content (AvgIpc) is 3.24. The highest BCUT2D eigenvalue weighted by molar-refractivity contribution is 7.88. The van der Waals surface area contributed by atoms with Gasteiger partial charge in [0, 0.05) is 43.1 Å². The van der Waals surface area contributed by atoms with E-state index in [1.165, 1.54) is 10.6 Å². The van der Waals surface area contributed by atoms with E-state index < -0.39 is 10.0 Å². The van der Waals surface area contributed by atoms with Gasteiger partial charge in [0.2, 0.25) is 10.0 Å². The van der Waals surface area contributed by atoms with Crippen LogP contribution in [0.15, 0.2) is 18.5 Å². The SMILES string of the molecule is CS(=O)(=O)N1CC(c2nc3cnc4[nH]ccc4c3n2C2CCC(CC#N)CC2)C1. The third-order valence-corrected chi connectivity index (χ3v) is 7.74. The first-order valence-corrected chi connectivity index (χ1v) is 12.0. The molecule has 3 aromatic rings. The molecule has 0 aromatic carbocycles. The second kappa shape index (κ2) is 6.82. The lowest BCUT2D eigenvalue weighted by Crippen LogP contribution is -2.48. The van der Waals surface area contributed by atoms with E-state index in [4.69, 9.17) is 10.2 Å². The lowest BCUT2D eigenvalue weighted by molar-refractivity contribution is 0.234. The van der Waals surface area contributed by atoms with Crippen molar-refractivity contribution in [1.29, 1.82) is 5.26 Å². The smallest absolute Gasteiger partial charge is 0.211 e. The second-order valence-electron chi connectivity index (χ2n) is 8.39.